The van der Waals surface area contributed by atoms with E-state index in [0.717, 1.165) is 12.5 Å². The summed E-state index contributed by atoms with van der Waals surface area (Å²) in [6.45, 7) is 5.47. The molecule has 0 heterocycles. The van der Waals surface area contributed by atoms with Crippen LogP contribution in [-0.4, -0.2) is 25.0 Å². The summed E-state index contributed by atoms with van der Waals surface area (Å²) in [7, 11) is -5.84. The van der Waals surface area contributed by atoms with E-state index in [0.29, 0.717) is 0 Å². The Morgan fingerprint density at radius 3 is 1.62 bits per heavy atom. The van der Waals surface area contributed by atoms with Gasteiger partial charge in [0.25, 0.3) is 0 Å². The molecule has 1 atom stereocenters. The third-order valence-electron chi connectivity index (χ3n) is 3.75. The molecule has 148 valence electrons. The second-order valence-electron chi connectivity index (χ2n) is 6.22. The Hall–Kier alpha value is -0.340. The van der Waals surface area contributed by atoms with Crippen LogP contribution in [0, 0.1) is 5.92 Å². The zero-order chi connectivity index (χ0) is 19.1. The van der Waals surface area contributed by atoms with Gasteiger partial charge in [-0.1, -0.05) is 78.1 Å². The van der Waals surface area contributed by atoms with E-state index < -0.39 is 15.6 Å². The molecule has 1 unspecified atom stereocenters. The van der Waals surface area contributed by atoms with Gasteiger partial charge in [-0.3, -0.25) is 4.55 Å². The number of alkyl halides is 3. The Kier molecular flexibility index (Phi) is 16.1. The van der Waals surface area contributed by atoms with Crippen molar-refractivity contribution >= 4 is 10.1 Å². The fraction of sp³-hybridized carbons (Fsp3) is 1.00. The first-order valence-corrected chi connectivity index (χ1v) is 10.2. The SMILES string of the molecule is CCCCCCCCCCCC(C)CCN.O=S(=O)(O)C(F)(F)F. The highest BCUT2D eigenvalue weighted by atomic mass is 32.2. The predicted octanol–water partition coefficient (Wildman–Crippen LogP) is 5.29. The first-order chi connectivity index (χ1) is 11.1. The highest BCUT2D eigenvalue weighted by Crippen LogP contribution is 2.20. The molecule has 0 aromatic heterocycles. The lowest BCUT2D eigenvalue weighted by molar-refractivity contribution is -0.0510. The van der Waals surface area contributed by atoms with E-state index in [2.05, 4.69) is 13.8 Å². The average molecular weight is 378 g/mol. The van der Waals surface area contributed by atoms with Gasteiger partial charge in [0, 0.05) is 0 Å². The fourth-order valence-corrected chi connectivity index (χ4v) is 2.23. The van der Waals surface area contributed by atoms with Crippen LogP contribution in [0.25, 0.3) is 0 Å². The summed E-state index contributed by atoms with van der Waals surface area (Å²) in [4.78, 5) is 0. The van der Waals surface area contributed by atoms with Crippen molar-refractivity contribution in [3.05, 3.63) is 0 Å². The van der Waals surface area contributed by atoms with Gasteiger partial charge in [0.2, 0.25) is 0 Å². The van der Waals surface area contributed by atoms with Gasteiger partial charge >= 0.3 is 15.6 Å². The van der Waals surface area contributed by atoms with Gasteiger partial charge in [0.1, 0.15) is 0 Å². The Balaban J connectivity index is 0. The summed E-state index contributed by atoms with van der Waals surface area (Å²) in [6, 6.07) is 0. The van der Waals surface area contributed by atoms with E-state index in [1.807, 2.05) is 0 Å². The Labute approximate surface area is 145 Å². The third kappa shape index (κ3) is 18.0. The lowest BCUT2D eigenvalue weighted by Crippen LogP contribution is -2.21. The van der Waals surface area contributed by atoms with E-state index in [1.165, 1.54) is 70.6 Å². The summed E-state index contributed by atoms with van der Waals surface area (Å²) in [6.07, 6.45) is 15.5. The van der Waals surface area contributed by atoms with Crippen LogP contribution in [0.1, 0.15) is 84.5 Å². The molecule has 8 heteroatoms. The molecule has 0 radical (unpaired) electrons. The smallest absolute Gasteiger partial charge is 0.330 e. The van der Waals surface area contributed by atoms with Gasteiger partial charge in [0.05, 0.1) is 0 Å². The van der Waals surface area contributed by atoms with Crippen molar-refractivity contribution in [3.63, 3.8) is 0 Å². The molecule has 0 amide bonds. The van der Waals surface area contributed by atoms with Crippen molar-refractivity contribution in [1.29, 1.82) is 0 Å². The van der Waals surface area contributed by atoms with Crippen LogP contribution in [0.2, 0.25) is 0 Å². The minimum absolute atomic E-state index is 0.842. The van der Waals surface area contributed by atoms with E-state index in [-0.39, 0.29) is 0 Å². The predicted molar refractivity (Wildman–Crippen MR) is 92.3 cm³/mol. The lowest BCUT2D eigenvalue weighted by atomic mass is 9.99. The zero-order valence-electron chi connectivity index (χ0n) is 14.9. The van der Waals surface area contributed by atoms with Crippen molar-refractivity contribution in [2.24, 2.45) is 11.7 Å². The number of hydrogen-bond donors (Lipinski definition) is 2. The van der Waals surface area contributed by atoms with Crippen LogP contribution in [0.3, 0.4) is 0 Å². The first-order valence-electron chi connectivity index (χ1n) is 8.80. The number of halogens is 3. The molecule has 3 N–H and O–H groups in total. The standard InChI is InChI=1S/C15H33N.CHF3O3S/c1-3-4-5-6-7-8-9-10-11-12-15(2)13-14-16;2-1(3,4)8(5,6)7/h15H,3-14,16H2,1-2H3;(H,5,6,7). The monoisotopic (exact) mass is 377 g/mol. The molecule has 0 aromatic rings. The minimum atomic E-state index is -5.84. The van der Waals surface area contributed by atoms with E-state index >= 15 is 0 Å². The van der Waals surface area contributed by atoms with Gasteiger partial charge in [0.15, 0.2) is 0 Å². The van der Waals surface area contributed by atoms with Crippen molar-refractivity contribution in [3.8, 4) is 0 Å². The van der Waals surface area contributed by atoms with E-state index in [1.54, 1.807) is 0 Å². The van der Waals surface area contributed by atoms with Gasteiger partial charge < -0.3 is 5.73 Å². The molecule has 0 spiro atoms. The molecule has 4 nitrogen and oxygen atoms in total. The van der Waals surface area contributed by atoms with Crippen LogP contribution in [-0.2, 0) is 10.1 Å². The maximum Gasteiger partial charge on any atom is 0.522 e. The molecule has 0 aromatic carbocycles. The largest absolute Gasteiger partial charge is 0.522 e. The molecule has 0 fully saturated rings. The van der Waals surface area contributed by atoms with E-state index in [4.69, 9.17) is 18.7 Å². The number of unbranched alkanes of at least 4 members (excludes halogenated alkanes) is 8. The maximum absolute atomic E-state index is 10.7. The molecular weight excluding hydrogens is 343 g/mol. The average Bonchev–Trinajstić information content (AvgIpc) is 2.44. The highest BCUT2D eigenvalue weighted by Gasteiger charge is 2.44. The Morgan fingerprint density at radius 2 is 1.29 bits per heavy atom. The van der Waals surface area contributed by atoms with Crippen molar-refractivity contribution in [2.45, 2.75) is 90.0 Å². The lowest BCUT2D eigenvalue weighted by Gasteiger charge is -2.09. The summed E-state index contributed by atoms with van der Waals surface area (Å²) in [5.74, 6) is 0.842. The van der Waals surface area contributed by atoms with E-state index in [9.17, 15) is 13.2 Å². The zero-order valence-corrected chi connectivity index (χ0v) is 15.8. The molecule has 0 aliphatic carbocycles. The van der Waals surface area contributed by atoms with Crippen molar-refractivity contribution < 1.29 is 26.1 Å². The van der Waals surface area contributed by atoms with Gasteiger partial charge in [-0.05, 0) is 18.9 Å². The summed E-state index contributed by atoms with van der Waals surface area (Å²) < 4.78 is 57.5. The molecular formula is C16H34F3NO3S. The minimum Gasteiger partial charge on any atom is -0.330 e. The summed E-state index contributed by atoms with van der Waals surface area (Å²) in [5.41, 5.74) is 0.00457. The highest BCUT2D eigenvalue weighted by molar-refractivity contribution is 7.86. The second kappa shape index (κ2) is 15.0. The third-order valence-corrected chi connectivity index (χ3v) is 4.34. The maximum atomic E-state index is 10.7. The van der Waals surface area contributed by atoms with Crippen LogP contribution >= 0.6 is 0 Å². The van der Waals surface area contributed by atoms with Crippen molar-refractivity contribution in [2.75, 3.05) is 6.54 Å². The topological polar surface area (TPSA) is 80.4 Å². The Morgan fingerprint density at radius 1 is 0.917 bits per heavy atom. The normalized spacial score (nSPS) is 13.3. The molecule has 0 aliphatic heterocycles. The second-order valence-corrected chi connectivity index (χ2v) is 7.63. The van der Waals surface area contributed by atoms with Crippen LogP contribution in [0.15, 0.2) is 0 Å². The molecule has 0 aliphatic rings. The Bertz CT molecular complexity index is 373. The number of hydrogen-bond acceptors (Lipinski definition) is 3. The van der Waals surface area contributed by atoms with Gasteiger partial charge in [-0.15, -0.1) is 0 Å². The number of nitrogens with two attached hydrogens (primary N) is 1. The van der Waals surface area contributed by atoms with Crippen LogP contribution in [0.4, 0.5) is 13.2 Å². The van der Waals surface area contributed by atoms with Gasteiger partial charge in [-0.2, -0.15) is 21.6 Å². The van der Waals surface area contributed by atoms with Crippen molar-refractivity contribution in [1.82, 2.24) is 0 Å². The van der Waals surface area contributed by atoms with Gasteiger partial charge in [-0.25, -0.2) is 0 Å². The molecule has 24 heavy (non-hydrogen) atoms. The first kappa shape index (κ1) is 25.9. The summed E-state index contributed by atoms with van der Waals surface area (Å²) in [5, 5.41) is 0. The molecule has 0 bridgehead atoms. The van der Waals surface area contributed by atoms with Crippen LogP contribution < -0.4 is 5.73 Å². The molecule has 0 saturated heterocycles. The molecule has 0 saturated carbocycles. The van der Waals surface area contributed by atoms with Crippen LogP contribution in [0.5, 0.6) is 0 Å². The quantitative estimate of drug-likeness (QED) is 0.275. The summed E-state index contributed by atoms with van der Waals surface area (Å²) >= 11 is 0. The number of rotatable bonds is 12. The fourth-order valence-electron chi connectivity index (χ4n) is 2.23. The molecule has 0 rings (SSSR count).